The third kappa shape index (κ3) is 3.18. The Bertz CT molecular complexity index is 920. The fourth-order valence-electron chi connectivity index (χ4n) is 7.39. The van der Waals surface area contributed by atoms with Gasteiger partial charge in [0.25, 0.3) is 5.91 Å². The molecule has 1 N–H and O–H groups in total. The Kier molecular flexibility index (Phi) is 4.33. The molecule has 1 aromatic carbocycles. The van der Waals surface area contributed by atoms with Crippen LogP contribution in [0, 0.1) is 23.2 Å². The number of anilines is 1. The quantitative estimate of drug-likeness (QED) is 0.813. The summed E-state index contributed by atoms with van der Waals surface area (Å²) in [6, 6.07) is 5.53. The molecule has 6 rings (SSSR count). The Morgan fingerprint density at radius 2 is 1.72 bits per heavy atom. The maximum absolute atomic E-state index is 13.1. The summed E-state index contributed by atoms with van der Waals surface area (Å²) in [6.07, 6.45) is 9.90. The van der Waals surface area contributed by atoms with Crippen LogP contribution in [0.25, 0.3) is 0 Å². The molecule has 4 fully saturated rings. The summed E-state index contributed by atoms with van der Waals surface area (Å²) in [5.41, 5.74) is 2.58. The van der Waals surface area contributed by atoms with Crippen LogP contribution in [0.5, 0.6) is 0 Å². The number of carbonyl (C=O) groups is 1. The summed E-state index contributed by atoms with van der Waals surface area (Å²) in [7, 11) is -3.31. The van der Waals surface area contributed by atoms with Crippen molar-refractivity contribution in [1.29, 1.82) is 0 Å². The van der Waals surface area contributed by atoms with E-state index < -0.39 is 10.0 Å². The lowest BCUT2D eigenvalue weighted by Gasteiger charge is -2.59. The van der Waals surface area contributed by atoms with Crippen LogP contribution in [0.15, 0.2) is 18.2 Å². The summed E-state index contributed by atoms with van der Waals surface area (Å²) in [6.45, 7) is 4.11. The van der Waals surface area contributed by atoms with E-state index in [2.05, 4.69) is 12.2 Å². The number of carbonyl (C=O) groups excluding carboxylic acids is 1. The predicted molar refractivity (Wildman–Crippen MR) is 114 cm³/mol. The highest BCUT2D eigenvalue weighted by atomic mass is 32.2. The predicted octanol–water partition coefficient (Wildman–Crippen LogP) is 3.73. The third-order valence-electron chi connectivity index (χ3n) is 8.20. The van der Waals surface area contributed by atoms with E-state index in [1.807, 2.05) is 13.0 Å². The normalized spacial score (nSPS) is 36.2. The average Bonchev–Trinajstić information content (AvgIpc) is 2.95. The standard InChI is InChI=1S/C23H32N2O3S/c1-14-6-20-10-19(4-5-21(20)25(14)29(3,27)28)22(26)24-15(2)23-11-16-7-17(12-23)9-18(8-16)13-23/h4-5,10,14-18H,6-9,11-13H2,1-3H3,(H,24,26)/t14-,15+,16?,17?,18?,23?/m1/s1. The van der Waals surface area contributed by atoms with E-state index in [9.17, 15) is 13.2 Å². The Morgan fingerprint density at radius 1 is 1.14 bits per heavy atom. The molecule has 0 spiro atoms. The van der Waals surface area contributed by atoms with Crippen molar-refractivity contribution in [1.82, 2.24) is 5.32 Å². The molecule has 0 saturated heterocycles. The van der Waals surface area contributed by atoms with E-state index in [0.29, 0.717) is 17.7 Å². The van der Waals surface area contributed by atoms with Crippen molar-refractivity contribution >= 4 is 21.6 Å². The fraction of sp³-hybridized carbons (Fsp3) is 0.696. The molecule has 0 unspecified atom stereocenters. The van der Waals surface area contributed by atoms with Gasteiger partial charge in [-0.3, -0.25) is 9.10 Å². The highest BCUT2D eigenvalue weighted by Gasteiger charge is 2.53. The number of rotatable bonds is 4. The zero-order valence-corrected chi connectivity index (χ0v) is 18.5. The molecular weight excluding hydrogens is 384 g/mol. The van der Waals surface area contributed by atoms with Crippen LogP contribution in [0.2, 0.25) is 0 Å². The van der Waals surface area contributed by atoms with Crippen molar-refractivity contribution in [2.24, 2.45) is 23.2 Å². The van der Waals surface area contributed by atoms with Crippen LogP contribution in [-0.2, 0) is 16.4 Å². The maximum Gasteiger partial charge on any atom is 0.251 e. The molecule has 0 aromatic heterocycles. The van der Waals surface area contributed by atoms with Crippen molar-refractivity contribution in [3.8, 4) is 0 Å². The smallest absolute Gasteiger partial charge is 0.251 e. The largest absolute Gasteiger partial charge is 0.349 e. The third-order valence-corrected chi connectivity index (χ3v) is 9.48. The first-order chi connectivity index (χ1) is 13.6. The molecule has 5 aliphatic rings. The van der Waals surface area contributed by atoms with Gasteiger partial charge in [-0.25, -0.2) is 8.42 Å². The first-order valence-electron chi connectivity index (χ1n) is 11.1. The van der Waals surface area contributed by atoms with Gasteiger partial charge in [-0.1, -0.05) is 0 Å². The van der Waals surface area contributed by atoms with E-state index in [1.165, 1.54) is 49.1 Å². The Balaban J connectivity index is 1.34. The Morgan fingerprint density at radius 3 is 2.28 bits per heavy atom. The highest BCUT2D eigenvalue weighted by molar-refractivity contribution is 7.92. The molecule has 4 aliphatic carbocycles. The molecule has 4 saturated carbocycles. The Labute approximate surface area is 174 Å². The SMILES string of the molecule is C[C@@H]1Cc2cc(C(=O)N[C@@H](C)C34CC5CC(CC(C5)C3)C4)ccc2N1S(C)(=O)=O. The molecule has 29 heavy (non-hydrogen) atoms. The molecule has 6 heteroatoms. The van der Waals surface area contributed by atoms with Gasteiger partial charge in [0.1, 0.15) is 0 Å². The molecule has 2 atom stereocenters. The van der Waals surface area contributed by atoms with Gasteiger partial charge in [-0.05, 0) is 106 Å². The van der Waals surface area contributed by atoms with E-state index in [1.54, 1.807) is 12.1 Å². The molecule has 5 nitrogen and oxygen atoms in total. The van der Waals surface area contributed by atoms with E-state index in [4.69, 9.17) is 0 Å². The van der Waals surface area contributed by atoms with Crippen LogP contribution in [0.4, 0.5) is 5.69 Å². The second kappa shape index (κ2) is 6.47. The van der Waals surface area contributed by atoms with Crippen molar-refractivity contribution in [3.63, 3.8) is 0 Å². The maximum atomic E-state index is 13.1. The lowest BCUT2D eigenvalue weighted by Crippen LogP contribution is -2.55. The lowest BCUT2D eigenvalue weighted by atomic mass is 9.48. The summed E-state index contributed by atoms with van der Waals surface area (Å²) in [5.74, 6) is 2.57. The molecule has 1 aliphatic heterocycles. The molecule has 1 aromatic rings. The minimum Gasteiger partial charge on any atom is -0.349 e. The van der Waals surface area contributed by atoms with Gasteiger partial charge in [0.15, 0.2) is 0 Å². The number of amides is 1. The van der Waals surface area contributed by atoms with Crippen molar-refractivity contribution in [3.05, 3.63) is 29.3 Å². The van der Waals surface area contributed by atoms with Crippen LogP contribution >= 0.6 is 0 Å². The van der Waals surface area contributed by atoms with Gasteiger partial charge in [0, 0.05) is 17.6 Å². The van der Waals surface area contributed by atoms with Gasteiger partial charge in [-0.2, -0.15) is 0 Å². The number of fused-ring (bicyclic) bond motifs is 1. The van der Waals surface area contributed by atoms with Crippen LogP contribution < -0.4 is 9.62 Å². The van der Waals surface area contributed by atoms with Gasteiger partial charge < -0.3 is 5.32 Å². The van der Waals surface area contributed by atoms with E-state index >= 15 is 0 Å². The zero-order chi connectivity index (χ0) is 20.6. The van der Waals surface area contributed by atoms with Gasteiger partial charge in [-0.15, -0.1) is 0 Å². The molecule has 4 bridgehead atoms. The van der Waals surface area contributed by atoms with Gasteiger partial charge >= 0.3 is 0 Å². The summed E-state index contributed by atoms with van der Waals surface area (Å²) in [5, 5.41) is 3.33. The Hall–Kier alpha value is -1.56. The minimum atomic E-state index is -3.31. The van der Waals surface area contributed by atoms with Crippen molar-refractivity contribution in [2.45, 2.75) is 70.9 Å². The number of hydrogen-bond acceptors (Lipinski definition) is 3. The number of sulfonamides is 1. The first-order valence-corrected chi connectivity index (χ1v) is 12.9. The summed E-state index contributed by atoms with van der Waals surface area (Å²) in [4.78, 5) is 13.1. The topological polar surface area (TPSA) is 66.5 Å². The van der Waals surface area contributed by atoms with Gasteiger partial charge in [0.2, 0.25) is 10.0 Å². The number of nitrogens with one attached hydrogen (secondary N) is 1. The summed E-state index contributed by atoms with van der Waals surface area (Å²) >= 11 is 0. The summed E-state index contributed by atoms with van der Waals surface area (Å²) < 4.78 is 25.7. The van der Waals surface area contributed by atoms with Crippen molar-refractivity contribution < 1.29 is 13.2 Å². The number of hydrogen-bond donors (Lipinski definition) is 1. The van der Waals surface area contributed by atoms with Crippen LogP contribution in [0.3, 0.4) is 0 Å². The molecule has 0 radical (unpaired) electrons. The molecule has 1 heterocycles. The van der Waals surface area contributed by atoms with E-state index in [-0.39, 0.29) is 23.4 Å². The molecule has 1 amide bonds. The molecule has 158 valence electrons. The second-order valence-corrected chi connectivity index (χ2v) is 12.3. The number of nitrogens with zero attached hydrogens (tertiary/aromatic N) is 1. The zero-order valence-electron chi connectivity index (χ0n) is 17.6. The lowest BCUT2D eigenvalue weighted by molar-refractivity contribution is -0.0688. The van der Waals surface area contributed by atoms with Crippen molar-refractivity contribution in [2.75, 3.05) is 10.6 Å². The van der Waals surface area contributed by atoms with E-state index in [0.717, 1.165) is 23.3 Å². The highest BCUT2D eigenvalue weighted by Crippen LogP contribution is 2.61. The molecular formula is C23H32N2O3S. The minimum absolute atomic E-state index is 0.0264. The average molecular weight is 417 g/mol. The number of benzene rings is 1. The fourth-order valence-corrected chi connectivity index (χ4v) is 8.65. The van der Waals surface area contributed by atoms with Crippen LogP contribution in [0.1, 0.15) is 68.3 Å². The monoisotopic (exact) mass is 416 g/mol. The first kappa shape index (κ1) is 19.4. The van der Waals surface area contributed by atoms with Gasteiger partial charge in [0.05, 0.1) is 11.9 Å². The second-order valence-electron chi connectivity index (χ2n) is 10.4. The van der Waals surface area contributed by atoms with Crippen LogP contribution in [-0.4, -0.2) is 32.7 Å².